The highest BCUT2D eigenvalue weighted by molar-refractivity contribution is 5.99. The van der Waals surface area contributed by atoms with Crippen LogP contribution in [0.25, 0.3) is 0 Å². The zero-order valence-corrected chi connectivity index (χ0v) is 16.9. The minimum absolute atomic E-state index is 0.133. The Kier molecular flexibility index (Phi) is 4.75. The zero-order chi connectivity index (χ0) is 22.7. The fourth-order valence-corrected chi connectivity index (χ4v) is 5.28. The van der Waals surface area contributed by atoms with Crippen LogP contribution in [0.4, 0.5) is 13.2 Å². The Bertz CT molecular complexity index is 1190. The van der Waals surface area contributed by atoms with E-state index in [0.29, 0.717) is 31.1 Å². The molecule has 5 rings (SSSR count). The van der Waals surface area contributed by atoms with Gasteiger partial charge in [0.2, 0.25) is 5.43 Å². The number of halogens is 3. The second-order valence-corrected chi connectivity index (χ2v) is 8.72. The standard InChI is InChI=1S/C22H20F3N3O4/c23-12-4-15(24)13(16(25)5-12)6-26-21(31)14-8-28-17-9-27(7-10-1-2-11(17)3-10)22(32)18(28)20(30)19(14)29/h4-5,8,10-11,17,30H,1-3,6-7,9H2,(H,26,31)/t10-,11+,17+/m0/s1. The van der Waals surface area contributed by atoms with Crippen LogP contribution in [0.5, 0.6) is 5.75 Å². The van der Waals surface area contributed by atoms with Crippen molar-refractivity contribution in [1.82, 2.24) is 14.8 Å². The number of carbonyl (C=O) groups excluding carboxylic acids is 2. The van der Waals surface area contributed by atoms with Crippen LogP contribution in [0.1, 0.15) is 51.7 Å². The number of pyridine rings is 1. The highest BCUT2D eigenvalue weighted by Gasteiger charge is 2.44. The Balaban J connectivity index is 1.49. The van der Waals surface area contributed by atoms with Gasteiger partial charge < -0.3 is 19.9 Å². The summed E-state index contributed by atoms with van der Waals surface area (Å²) >= 11 is 0. The molecule has 2 aromatic rings. The highest BCUT2D eigenvalue weighted by atomic mass is 19.1. The van der Waals surface area contributed by atoms with Crippen molar-refractivity contribution in [2.45, 2.75) is 31.8 Å². The summed E-state index contributed by atoms with van der Waals surface area (Å²) in [6, 6.07) is 0.797. The summed E-state index contributed by atoms with van der Waals surface area (Å²) in [5.74, 6) is -5.04. The summed E-state index contributed by atoms with van der Waals surface area (Å²) in [6.45, 7) is 0.387. The number of fused-ring (bicyclic) bond motifs is 7. The third kappa shape index (κ3) is 3.16. The molecule has 1 saturated carbocycles. The minimum atomic E-state index is -1.17. The van der Waals surface area contributed by atoms with E-state index in [1.807, 2.05) is 0 Å². The van der Waals surface area contributed by atoms with E-state index in [9.17, 15) is 32.7 Å². The number of hydrogen-bond acceptors (Lipinski definition) is 4. The molecule has 2 fully saturated rings. The van der Waals surface area contributed by atoms with Crippen molar-refractivity contribution in [2.24, 2.45) is 11.8 Å². The van der Waals surface area contributed by atoms with Crippen LogP contribution < -0.4 is 10.7 Å². The second-order valence-electron chi connectivity index (χ2n) is 8.72. The normalized spacial score (nSPS) is 23.7. The van der Waals surface area contributed by atoms with Crippen LogP contribution in [0.2, 0.25) is 0 Å². The van der Waals surface area contributed by atoms with Crippen molar-refractivity contribution < 1.29 is 27.9 Å². The van der Waals surface area contributed by atoms with E-state index in [1.165, 1.54) is 10.8 Å². The topological polar surface area (TPSA) is 91.6 Å². The van der Waals surface area contributed by atoms with Gasteiger partial charge in [-0.3, -0.25) is 14.4 Å². The first-order valence-electron chi connectivity index (χ1n) is 10.4. The Labute approximate surface area is 180 Å². The van der Waals surface area contributed by atoms with Gasteiger partial charge >= 0.3 is 0 Å². The Morgan fingerprint density at radius 2 is 1.84 bits per heavy atom. The van der Waals surface area contributed by atoms with Crippen molar-refractivity contribution in [3.63, 3.8) is 0 Å². The quantitative estimate of drug-likeness (QED) is 0.756. The summed E-state index contributed by atoms with van der Waals surface area (Å²) in [7, 11) is 0. The number of rotatable bonds is 3. The molecule has 2 N–H and O–H groups in total. The van der Waals surface area contributed by atoms with Crippen molar-refractivity contribution in [3.8, 4) is 5.75 Å². The van der Waals surface area contributed by atoms with Crippen molar-refractivity contribution in [1.29, 1.82) is 0 Å². The molecule has 3 heterocycles. The average Bonchev–Trinajstić information content (AvgIpc) is 3.11. The predicted octanol–water partition coefficient (Wildman–Crippen LogP) is 2.33. The van der Waals surface area contributed by atoms with Crippen LogP contribution >= 0.6 is 0 Å². The number of nitrogens with zero attached hydrogens (tertiary/aromatic N) is 2. The zero-order valence-electron chi connectivity index (χ0n) is 16.9. The largest absolute Gasteiger partial charge is 0.503 e. The number of aromatic nitrogens is 1. The molecule has 3 aliphatic rings. The van der Waals surface area contributed by atoms with Gasteiger partial charge in [-0.15, -0.1) is 0 Å². The van der Waals surface area contributed by atoms with E-state index in [1.54, 1.807) is 4.90 Å². The van der Waals surface area contributed by atoms with Gasteiger partial charge in [0, 0.05) is 43.5 Å². The summed E-state index contributed by atoms with van der Waals surface area (Å²) in [4.78, 5) is 40.0. The second kappa shape index (κ2) is 7.39. The lowest BCUT2D eigenvalue weighted by Gasteiger charge is -2.38. The molecule has 0 unspecified atom stereocenters. The van der Waals surface area contributed by atoms with Crippen LogP contribution in [-0.2, 0) is 6.54 Å². The fraction of sp³-hybridized carbons (Fsp3) is 0.409. The maximum Gasteiger partial charge on any atom is 0.274 e. The molecule has 1 aromatic heterocycles. The first-order chi connectivity index (χ1) is 15.2. The van der Waals surface area contributed by atoms with Gasteiger partial charge in [-0.2, -0.15) is 0 Å². The van der Waals surface area contributed by atoms with Crippen LogP contribution in [0.15, 0.2) is 23.1 Å². The SMILES string of the molecule is O=C(NCc1c(F)cc(F)cc1F)c1cn2c(c(O)c1=O)C(=O)N1C[C@H]3CC[C@H](C3)[C@H]2C1. The van der Waals surface area contributed by atoms with E-state index in [0.717, 1.165) is 19.3 Å². The average molecular weight is 447 g/mol. The van der Waals surface area contributed by atoms with Gasteiger partial charge in [-0.05, 0) is 31.1 Å². The van der Waals surface area contributed by atoms with Crippen molar-refractivity contribution in [3.05, 3.63) is 62.8 Å². The summed E-state index contributed by atoms with van der Waals surface area (Å²) < 4.78 is 42.3. The molecule has 0 spiro atoms. The van der Waals surface area contributed by atoms with Gasteiger partial charge in [0.1, 0.15) is 23.0 Å². The number of benzene rings is 1. The molecule has 10 heteroatoms. The lowest BCUT2D eigenvalue weighted by molar-refractivity contribution is 0.0623. The first-order valence-corrected chi connectivity index (χ1v) is 10.4. The third-order valence-electron chi connectivity index (χ3n) is 6.85. The molecule has 32 heavy (non-hydrogen) atoms. The molecule has 3 atom stereocenters. The number of hydrogen-bond donors (Lipinski definition) is 2. The lowest BCUT2D eigenvalue weighted by Crippen LogP contribution is -2.47. The Morgan fingerprint density at radius 1 is 1.12 bits per heavy atom. The van der Waals surface area contributed by atoms with E-state index in [4.69, 9.17) is 0 Å². The van der Waals surface area contributed by atoms with Gasteiger partial charge in [-0.1, -0.05) is 0 Å². The van der Waals surface area contributed by atoms with E-state index in [-0.39, 0.29) is 17.7 Å². The van der Waals surface area contributed by atoms with Gasteiger partial charge in [0.25, 0.3) is 11.8 Å². The predicted molar refractivity (Wildman–Crippen MR) is 106 cm³/mol. The number of amides is 2. The van der Waals surface area contributed by atoms with E-state index >= 15 is 0 Å². The monoisotopic (exact) mass is 447 g/mol. The molecule has 4 bridgehead atoms. The molecule has 168 valence electrons. The van der Waals surface area contributed by atoms with E-state index < -0.39 is 58.1 Å². The van der Waals surface area contributed by atoms with Crippen LogP contribution in [0.3, 0.4) is 0 Å². The lowest BCUT2D eigenvalue weighted by atomic mass is 9.95. The van der Waals surface area contributed by atoms with Crippen LogP contribution in [-0.4, -0.2) is 39.5 Å². The number of carbonyl (C=O) groups is 2. The third-order valence-corrected chi connectivity index (χ3v) is 6.85. The molecule has 7 nitrogen and oxygen atoms in total. The highest BCUT2D eigenvalue weighted by Crippen LogP contribution is 2.45. The van der Waals surface area contributed by atoms with Crippen LogP contribution in [0, 0.1) is 29.3 Å². The van der Waals surface area contributed by atoms with Crippen molar-refractivity contribution in [2.75, 3.05) is 13.1 Å². The molecule has 1 aromatic carbocycles. The van der Waals surface area contributed by atoms with Gasteiger partial charge in [0.15, 0.2) is 11.4 Å². The molecule has 1 aliphatic carbocycles. The van der Waals surface area contributed by atoms with Gasteiger partial charge in [0.05, 0.1) is 6.04 Å². The van der Waals surface area contributed by atoms with E-state index in [2.05, 4.69) is 5.32 Å². The minimum Gasteiger partial charge on any atom is -0.503 e. The smallest absolute Gasteiger partial charge is 0.274 e. The molecular formula is C22H20F3N3O4. The maximum atomic E-state index is 13.9. The summed E-state index contributed by atoms with van der Waals surface area (Å²) in [6.07, 6.45) is 4.12. The molecule has 1 saturated heterocycles. The fourth-order valence-electron chi connectivity index (χ4n) is 5.28. The Morgan fingerprint density at radius 3 is 2.56 bits per heavy atom. The molecule has 2 aliphatic heterocycles. The summed E-state index contributed by atoms with van der Waals surface area (Å²) in [5.41, 5.74) is -2.17. The molecule has 2 amide bonds. The Hall–Kier alpha value is -3.30. The number of aromatic hydroxyl groups is 1. The molecular weight excluding hydrogens is 427 g/mol. The van der Waals surface area contributed by atoms with Crippen molar-refractivity contribution >= 4 is 11.8 Å². The summed E-state index contributed by atoms with van der Waals surface area (Å²) in [5, 5.41) is 12.8. The van der Waals surface area contributed by atoms with Gasteiger partial charge in [-0.25, -0.2) is 13.2 Å². The maximum absolute atomic E-state index is 13.9. The molecule has 0 radical (unpaired) electrons. The first kappa shape index (κ1) is 20.6. The number of nitrogens with one attached hydrogen (secondary N) is 1.